The summed E-state index contributed by atoms with van der Waals surface area (Å²) >= 11 is 0. The molecule has 0 radical (unpaired) electrons. The Kier molecular flexibility index (Phi) is 5.30. The van der Waals surface area contributed by atoms with E-state index in [1.54, 1.807) is 26.0 Å². The molecule has 2 aromatic rings. The number of carbonyl (C=O) groups is 1. The Bertz CT molecular complexity index is 818. The Balaban J connectivity index is 2.26. The smallest absolute Gasteiger partial charge is 0.322 e. The Hall–Kier alpha value is -2.32. The molecule has 0 spiro atoms. The standard InChI is InChI=1S/C16H17FN2O4S/c1-10(2)15(16(20)21)19-24(22,23)13-6-3-11(4-7-13)12-5-8-14(17)18-9-12/h3-10,15,19H,1-2H3,(H,20,21)/t15-/m1/s1. The molecule has 0 fully saturated rings. The van der Waals surface area contributed by atoms with E-state index in [0.29, 0.717) is 11.1 Å². The first-order valence-electron chi connectivity index (χ1n) is 7.18. The summed E-state index contributed by atoms with van der Waals surface area (Å²) in [6.45, 7) is 3.23. The molecule has 1 heterocycles. The van der Waals surface area contributed by atoms with Crippen molar-refractivity contribution in [3.05, 3.63) is 48.5 Å². The fraction of sp³-hybridized carbons (Fsp3) is 0.250. The molecule has 0 aliphatic heterocycles. The normalized spacial score (nSPS) is 13.0. The first-order valence-corrected chi connectivity index (χ1v) is 8.66. The summed E-state index contributed by atoms with van der Waals surface area (Å²) in [7, 11) is -3.96. The quantitative estimate of drug-likeness (QED) is 0.778. The first kappa shape index (κ1) is 18.0. The van der Waals surface area contributed by atoms with E-state index in [-0.39, 0.29) is 4.90 Å². The van der Waals surface area contributed by atoms with Gasteiger partial charge >= 0.3 is 5.97 Å². The van der Waals surface area contributed by atoms with Crippen LogP contribution in [-0.2, 0) is 14.8 Å². The van der Waals surface area contributed by atoms with Gasteiger partial charge in [0.15, 0.2) is 0 Å². The maximum atomic E-state index is 12.8. The monoisotopic (exact) mass is 352 g/mol. The summed E-state index contributed by atoms with van der Waals surface area (Å²) in [6, 6.07) is 7.35. The van der Waals surface area contributed by atoms with Gasteiger partial charge in [-0.25, -0.2) is 13.4 Å². The summed E-state index contributed by atoms with van der Waals surface area (Å²) in [4.78, 5) is 14.6. The number of carboxylic acid groups (broad SMARTS) is 1. The van der Waals surface area contributed by atoms with Crippen molar-refractivity contribution < 1.29 is 22.7 Å². The molecule has 1 atom stereocenters. The molecular weight excluding hydrogens is 335 g/mol. The van der Waals surface area contributed by atoms with Crippen molar-refractivity contribution in [1.82, 2.24) is 9.71 Å². The lowest BCUT2D eigenvalue weighted by molar-refractivity contribution is -0.140. The van der Waals surface area contributed by atoms with E-state index in [9.17, 15) is 17.6 Å². The number of aromatic nitrogens is 1. The fourth-order valence-electron chi connectivity index (χ4n) is 2.08. The van der Waals surface area contributed by atoms with Gasteiger partial charge in [0, 0.05) is 11.8 Å². The summed E-state index contributed by atoms with van der Waals surface area (Å²) in [5, 5.41) is 9.10. The van der Waals surface area contributed by atoms with Crippen molar-refractivity contribution in [2.75, 3.05) is 0 Å². The highest BCUT2D eigenvalue weighted by atomic mass is 32.2. The molecule has 2 N–H and O–H groups in total. The number of halogens is 1. The van der Waals surface area contributed by atoms with E-state index in [1.807, 2.05) is 0 Å². The second kappa shape index (κ2) is 7.06. The maximum Gasteiger partial charge on any atom is 0.322 e. The third-order valence-electron chi connectivity index (χ3n) is 3.44. The van der Waals surface area contributed by atoms with Crippen LogP contribution in [0.4, 0.5) is 4.39 Å². The van der Waals surface area contributed by atoms with Gasteiger partial charge in [-0.3, -0.25) is 4.79 Å². The Morgan fingerprint density at radius 3 is 2.17 bits per heavy atom. The van der Waals surface area contributed by atoms with Gasteiger partial charge in [0.2, 0.25) is 16.0 Å². The number of nitrogens with one attached hydrogen (secondary N) is 1. The zero-order chi connectivity index (χ0) is 17.9. The zero-order valence-electron chi connectivity index (χ0n) is 13.1. The van der Waals surface area contributed by atoms with Crippen molar-refractivity contribution in [2.45, 2.75) is 24.8 Å². The van der Waals surface area contributed by atoms with Gasteiger partial charge in [0.1, 0.15) is 6.04 Å². The number of rotatable bonds is 6. The molecular formula is C16H17FN2O4S. The van der Waals surface area contributed by atoms with Crippen LogP contribution in [0, 0.1) is 11.9 Å². The lowest BCUT2D eigenvalue weighted by Crippen LogP contribution is -2.44. The summed E-state index contributed by atoms with van der Waals surface area (Å²) in [6.07, 6.45) is 1.34. The number of pyridine rings is 1. The van der Waals surface area contributed by atoms with Crippen LogP contribution in [0.5, 0.6) is 0 Å². The predicted octanol–water partition coefficient (Wildman–Crippen LogP) is 2.28. The Morgan fingerprint density at radius 1 is 1.12 bits per heavy atom. The molecule has 0 unspecified atom stereocenters. The number of benzene rings is 1. The molecule has 0 saturated heterocycles. The minimum atomic E-state index is -3.96. The average Bonchev–Trinajstić information content (AvgIpc) is 2.53. The van der Waals surface area contributed by atoms with Gasteiger partial charge in [-0.05, 0) is 35.7 Å². The lowest BCUT2D eigenvalue weighted by Gasteiger charge is -2.18. The van der Waals surface area contributed by atoms with E-state index in [4.69, 9.17) is 5.11 Å². The Labute approximate surface area is 139 Å². The number of carboxylic acids is 1. The summed E-state index contributed by atoms with van der Waals surface area (Å²) in [5.41, 5.74) is 1.30. The minimum Gasteiger partial charge on any atom is -0.480 e. The molecule has 0 bridgehead atoms. The van der Waals surface area contributed by atoms with Crippen LogP contribution in [0.25, 0.3) is 11.1 Å². The zero-order valence-corrected chi connectivity index (χ0v) is 13.9. The molecule has 8 heteroatoms. The van der Waals surface area contributed by atoms with Crippen LogP contribution in [0.1, 0.15) is 13.8 Å². The van der Waals surface area contributed by atoms with E-state index in [1.165, 1.54) is 30.5 Å². The molecule has 1 aromatic heterocycles. The van der Waals surface area contributed by atoms with Gasteiger partial charge in [0.25, 0.3) is 0 Å². The molecule has 2 rings (SSSR count). The number of nitrogens with zero attached hydrogens (tertiary/aromatic N) is 1. The number of hydrogen-bond acceptors (Lipinski definition) is 4. The molecule has 6 nitrogen and oxygen atoms in total. The average molecular weight is 352 g/mol. The van der Waals surface area contributed by atoms with Crippen LogP contribution >= 0.6 is 0 Å². The van der Waals surface area contributed by atoms with Gasteiger partial charge in [-0.15, -0.1) is 0 Å². The van der Waals surface area contributed by atoms with Crippen LogP contribution < -0.4 is 4.72 Å². The number of hydrogen-bond donors (Lipinski definition) is 2. The summed E-state index contributed by atoms with van der Waals surface area (Å²) in [5.74, 6) is -2.24. The second-order valence-electron chi connectivity index (χ2n) is 5.58. The SMILES string of the molecule is CC(C)[C@@H](NS(=O)(=O)c1ccc(-c2ccc(F)nc2)cc1)C(=O)O. The maximum absolute atomic E-state index is 12.8. The fourth-order valence-corrected chi connectivity index (χ4v) is 3.42. The van der Waals surface area contributed by atoms with Crippen molar-refractivity contribution in [3.8, 4) is 11.1 Å². The highest BCUT2D eigenvalue weighted by Crippen LogP contribution is 2.21. The van der Waals surface area contributed by atoms with E-state index < -0.39 is 33.9 Å². The highest BCUT2D eigenvalue weighted by molar-refractivity contribution is 7.89. The largest absolute Gasteiger partial charge is 0.480 e. The van der Waals surface area contributed by atoms with E-state index >= 15 is 0 Å². The molecule has 0 aliphatic carbocycles. The second-order valence-corrected chi connectivity index (χ2v) is 7.29. The molecule has 24 heavy (non-hydrogen) atoms. The Morgan fingerprint density at radius 2 is 1.71 bits per heavy atom. The minimum absolute atomic E-state index is 0.0479. The molecule has 128 valence electrons. The number of aliphatic carboxylic acids is 1. The van der Waals surface area contributed by atoms with Crippen LogP contribution in [0.15, 0.2) is 47.5 Å². The first-order chi connectivity index (χ1) is 11.2. The van der Waals surface area contributed by atoms with Crippen LogP contribution in [-0.4, -0.2) is 30.5 Å². The van der Waals surface area contributed by atoms with Crippen LogP contribution in [0.2, 0.25) is 0 Å². The molecule has 0 saturated carbocycles. The topological polar surface area (TPSA) is 96.4 Å². The molecule has 0 amide bonds. The van der Waals surface area contributed by atoms with Crippen molar-refractivity contribution in [1.29, 1.82) is 0 Å². The van der Waals surface area contributed by atoms with Crippen molar-refractivity contribution in [2.24, 2.45) is 5.92 Å². The third-order valence-corrected chi connectivity index (χ3v) is 4.90. The van der Waals surface area contributed by atoms with E-state index in [2.05, 4.69) is 9.71 Å². The lowest BCUT2D eigenvalue weighted by atomic mass is 10.1. The van der Waals surface area contributed by atoms with Gasteiger partial charge < -0.3 is 5.11 Å². The van der Waals surface area contributed by atoms with Gasteiger partial charge in [0.05, 0.1) is 4.90 Å². The van der Waals surface area contributed by atoms with Crippen LogP contribution in [0.3, 0.4) is 0 Å². The molecule has 0 aliphatic rings. The third kappa shape index (κ3) is 4.15. The summed E-state index contributed by atoms with van der Waals surface area (Å²) < 4.78 is 39.6. The van der Waals surface area contributed by atoms with Crippen molar-refractivity contribution in [3.63, 3.8) is 0 Å². The predicted molar refractivity (Wildman–Crippen MR) is 86.2 cm³/mol. The van der Waals surface area contributed by atoms with E-state index in [0.717, 1.165) is 0 Å². The van der Waals surface area contributed by atoms with Gasteiger partial charge in [-0.1, -0.05) is 26.0 Å². The van der Waals surface area contributed by atoms with Gasteiger partial charge in [-0.2, -0.15) is 9.11 Å². The molecule has 1 aromatic carbocycles. The highest BCUT2D eigenvalue weighted by Gasteiger charge is 2.27. The van der Waals surface area contributed by atoms with Crippen molar-refractivity contribution >= 4 is 16.0 Å². The number of sulfonamides is 1.